The molecule has 0 radical (unpaired) electrons. The van der Waals surface area contributed by atoms with Crippen LogP contribution in [0.1, 0.15) is 24.7 Å². The molecule has 0 spiro atoms. The van der Waals surface area contributed by atoms with Gasteiger partial charge in [-0.05, 0) is 12.8 Å². The highest BCUT2D eigenvalue weighted by molar-refractivity contribution is 5.85. The van der Waals surface area contributed by atoms with Crippen LogP contribution in [0.25, 0.3) is 0 Å². The third kappa shape index (κ3) is 2.09. The van der Waals surface area contributed by atoms with Crippen molar-refractivity contribution in [2.45, 2.75) is 25.4 Å². The van der Waals surface area contributed by atoms with E-state index in [1.54, 1.807) is 6.33 Å². The Hall–Kier alpha value is -0.320. The first-order chi connectivity index (χ1) is 4.92. The lowest BCUT2D eigenvalue weighted by molar-refractivity contribution is 0.682. The highest BCUT2D eigenvalue weighted by Gasteiger charge is 2.25. The maximum atomic E-state index is 5.44. The molecule has 0 saturated heterocycles. The largest absolute Gasteiger partial charge is 0.324 e. The molecule has 6 heteroatoms. The molecule has 1 aliphatic carbocycles. The van der Waals surface area contributed by atoms with Crippen molar-refractivity contribution in [2.75, 3.05) is 0 Å². The van der Waals surface area contributed by atoms with E-state index in [4.69, 9.17) is 5.73 Å². The van der Waals surface area contributed by atoms with Crippen molar-refractivity contribution >= 4 is 24.8 Å². The van der Waals surface area contributed by atoms with Crippen molar-refractivity contribution in [2.24, 2.45) is 5.73 Å². The lowest BCUT2D eigenvalue weighted by Gasteiger charge is -1.99. The Morgan fingerprint density at radius 2 is 2.17 bits per heavy atom. The highest BCUT2D eigenvalue weighted by Crippen LogP contribution is 2.34. The van der Waals surface area contributed by atoms with Crippen molar-refractivity contribution in [1.29, 1.82) is 0 Å². The quantitative estimate of drug-likeness (QED) is 0.791. The Bertz CT molecular complexity index is 233. The fourth-order valence-corrected chi connectivity index (χ4v) is 1.07. The molecular formula is C6H12Cl2N4. The average Bonchev–Trinajstić information content (AvgIpc) is 2.69. The van der Waals surface area contributed by atoms with E-state index >= 15 is 0 Å². The zero-order valence-corrected chi connectivity index (χ0v) is 8.14. The molecule has 0 atom stereocenters. The normalized spacial score (nSPS) is 14.8. The Morgan fingerprint density at radius 3 is 2.67 bits per heavy atom. The van der Waals surface area contributed by atoms with Gasteiger partial charge >= 0.3 is 0 Å². The molecule has 1 aromatic rings. The van der Waals surface area contributed by atoms with E-state index in [2.05, 4.69) is 14.8 Å². The summed E-state index contributed by atoms with van der Waals surface area (Å²) in [6.45, 7) is 0.497. The molecule has 0 bridgehead atoms. The number of nitrogens with two attached hydrogens (primary N) is 1. The first kappa shape index (κ1) is 11.7. The summed E-state index contributed by atoms with van der Waals surface area (Å²) in [5.74, 6) is 0.905. The van der Waals surface area contributed by atoms with E-state index < -0.39 is 0 Å². The van der Waals surface area contributed by atoms with Gasteiger partial charge in [-0.25, -0.2) is 0 Å². The maximum Gasteiger partial charge on any atom is 0.146 e. The Kier molecular flexibility index (Phi) is 4.52. The van der Waals surface area contributed by atoms with Gasteiger partial charge in [0.15, 0.2) is 0 Å². The van der Waals surface area contributed by atoms with Crippen LogP contribution in [0.3, 0.4) is 0 Å². The molecule has 2 rings (SSSR count). The number of hydrogen-bond donors (Lipinski definition) is 1. The summed E-state index contributed by atoms with van der Waals surface area (Å²) < 4.78 is 2.07. The van der Waals surface area contributed by atoms with Crippen LogP contribution >= 0.6 is 24.8 Å². The first-order valence-corrected chi connectivity index (χ1v) is 3.50. The predicted molar refractivity (Wildman–Crippen MR) is 50.7 cm³/mol. The van der Waals surface area contributed by atoms with Crippen LogP contribution in [-0.4, -0.2) is 14.8 Å². The number of halogens is 2. The summed E-state index contributed by atoms with van der Waals surface area (Å²) in [4.78, 5) is 0. The van der Waals surface area contributed by atoms with Gasteiger partial charge in [0.25, 0.3) is 0 Å². The zero-order chi connectivity index (χ0) is 6.97. The fraction of sp³-hybridized carbons (Fsp3) is 0.667. The van der Waals surface area contributed by atoms with Crippen molar-refractivity contribution in [1.82, 2.24) is 14.8 Å². The summed E-state index contributed by atoms with van der Waals surface area (Å²) in [6.07, 6.45) is 4.27. The number of nitrogens with zero attached hydrogens (tertiary/aromatic N) is 3. The monoisotopic (exact) mass is 210 g/mol. The minimum Gasteiger partial charge on any atom is -0.324 e. The summed E-state index contributed by atoms with van der Waals surface area (Å²) in [5.41, 5.74) is 5.44. The van der Waals surface area contributed by atoms with Gasteiger partial charge in [0.1, 0.15) is 12.2 Å². The van der Waals surface area contributed by atoms with Crippen LogP contribution in [0, 0.1) is 0 Å². The van der Waals surface area contributed by atoms with Crippen molar-refractivity contribution in [3.05, 3.63) is 12.2 Å². The summed E-state index contributed by atoms with van der Waals surface area (Å²) >= 11 is 0. The molecule has 1 heterocycles. The molecule has 70 valence electrons. The molecule has 0 aromatic carbocycles. The van der Waals surface area contributed by atoms with E-state index in [1.807, 2.05) is 0 Å². The maximum absolute atomic E-state index is 5.44. The lowest BCUT2D eigenvalue weighted by atomic mass is 10.5. The molecule has 1 saturated carbocycles. The molecule has 0 amide bonds. The van der Waals surface area contributed by atoms with Gasteiger partial charge in [-0.15, -0.1) is 35.0 Å². The standard InChI is InChI=1S/C6H10N4.2ClH/c7-3-6-9-8-4-10(6)5-1-2-5;;/h4-5H,1-3,7H2;2*1H. The third-order valence-electron chi connectivity index (χ3n) is 1.77. The van der Waals surface area contributed by atoms with E-state index in [-0.39, 0.29) is 24.8 Å². The Balaban J connectivity index is 0.000000605. The van der Waals surface area contributed by atoms with E-state index in [0.29, 0.717) is 12.6 Å². The molecular weight excluding hydrogens is 199 g/mol. The second-order valence-corrected chi connectivity index (χ2v) is 2.59. The van der Waals surface area contributed by atoms with E-state index in [0.717, 1.165) is 5.82 Å². The van der Waals surface area contributed by atoms with Gasteiger partial charge in [0.05, 0.1) is 6.54 Å². The van der Waals surface area contributed by atoms with Crippen molar-refractivity contribution in [3.8, 4) is 0 Å². The smallest absolute Gasteiger partial charge is 0.146 e. The molecule has 0 aliphatic heterocycles. The van der Waals surface area contributed by atoms with Gasteiger partial charge in [0.2, 0.25) is 0 Å². The van der Waals surface area contributed by atoms with Gasteiger partial charge in [-0.3, -0.25) is 0 Å². The topological polar surface area (TPSA) is 56.7 Å². The molecule has 1 aliphatic rings. The molecule has 0 unspecified atom stereocenters. The van der Waals surface area contributed by atoms with Crippen LogP contribution in [0.15, 0.2) is 6.33 Å². The number of hydrogen-bond acceptors (Lipinski definition) is 3. The molecule has 2 N–H and O–H groups in total. The Morgan fingerprint density at radius 1 is 1.50 bits per heavy atom. The number of aromatic nitrogens is 3. The molecule has 12 heavy (non-hydrogen) atoms. The lowest BCUT2D eigenvalue weighted by Crippen LogP contribution is -2.06. The summed E-state index contributed by atoms with van der Waals surface area (Å²) in [5, 5.41) is 7.67. The van der Waals surface area contributed by atoms with E-state index in [9.17, 15) is 0 Å². The average molecular weight is 211 g/mol. The second kappa shape index (κ2) is 4.64. The fourth-order valence-electron chi connectivity index (χ4n) is 1.07. The Labute approximate surface area is 83.4 Å². The van der Waals surface area contributed by atoms with Crippen LogP contribution in [0.2, 0.25) is 0 Å². The van der Waals surface area contributed by atoms with Gasteiger partial charge < -0.3 is 10.3 Å². The molecule has 1 aromatic heterocycles. The first-order valence-electron chi connectivity index (χ1n) is 3.50. The SMILES string of the molecule is Cl.Cl.NCc1nncn1C1CC1. The third-order valence-corrected chi connectivity index (χ3v) is 1.77. The highest BCUT2D eigenvalue weighted by atomic mass is 35.5. The zero-order valence-electron chi connectivity index (χ0n) is 6.51. The van der Waals surface area contributed by atoms with Crippen LogP contribution in [0.5, 0.6) is 0 Å². The van der Waals surface area contributed by atoms with Crippen LogP contribution in [0.4, 0.5) is 0 Å². The van der Waals surface area contributed by atoms with Gasteiger partial charge in [0, 0.05) is 6.04 Å². The molecule has 4 nitrogen and oxygen atoms in total. The molecule has 1 fully saturated rings. The van der Waals surface area contributed by atoms with Crippen molar-refractivity contribution in [3.63, 3.8) is 0 Å². The van der Waals surface area contributed by atoms with Crippen LogP contribution < -0.4 is 5.73 Å². The summed E-state index contributed by atoms with van der Waals surface area (Å²) in [7, 11) is 0. The summed E-state index contributed by atoms with van der Waals surface area (Å²) in [6, 6.07) is 0.647. The van der Waals surface area contributed by atoms with Gasteiger partial charge in [-0.1, -0.05) is 0 Å². The van der Waals surface area contributed by atoms with Gasteiger partial charge in [-0.2, -0.15) is 0 Å². The predicted octanol–water partition coefficient (Wildman–Crippen LogP) is 0.915. The van der Waals surface area contributed by atoms with E-state index in [1.165, 1.54) is 12.8 Å². The van der Waals surface area contributed by atoms with Crippen molar-refractivity contribution < 1.29 is 0 Å². The number of rotatable bonds is 2. The minimum absolute atomic E-state index is 0. The minimum atomic E-state index is 0. The van der Waals surface area contributed by atoms with Crippen LogP contribution in [-0.2, 0) is 6.54 Å². The second-order valence-electron chi connectivity index (χ2n) is 2.59.